The number of carbonyl (C=O) groups excluding carboxylic acids is 1. The summed E-state index contributed by atoms with van der Waals surface area (Å²) in [5, 5.41) is 12.0. The number of hydrogen-bond acceptors (Lipinski definition) is 3. The van der Waals surface area contributed by atoms with Crippen molar-refractivity contribution in [2.45, 2.75) is 38.1 Å². The highest BCUT2D eigenvalue weighted by molar-refractivity contribution is 5.95. The number of rotatable bonds is 3. The molecule has 0 saturated heterocycles. The second-order valence-corrected chi connectivity index (χ2v) is 6.93. The van der Waals surface area contributed by atoms with Gasteiger partial charge < -0.3 is 14.8 Å². The van der Waals surface area contributed by atoms with Crippen molar-refractivity contribution in [3.05, 3.63) is 23.7 Å². The van der Waals surface area contributed by atoms with E-state index in [1.54, 1.807) is 0 Å². The van der Waals surface area contributed by atoms with E-state index >= 15 is 0 Å². The third-order valence-corrected chi connectivity index (χ3v) is 5.59. The number of hydrogen-bond donors (Lipinski definition) is 2. The number of carboxylic acid groups (broad SMARTS) is 1. The van der Waals surface area contributed by atoms with Gasteiger partial charge in [-0.05, 0) is 55.8 Å². The Morgan fingerprint density at radius 1 is 1.10 bits per heavy atom. The number of aromatic carboxylic acids is 1. The molecule has 0 aliphatic heterocycles. The third kappa shape index (κ3) is 2.15. The summed E-state index contributed by atoms with van der Waals surface area (Å²) in [6.45, 7) is 0. The van der Waals surface area contributed by atoms with Crippen LogP contribution in [0.1, 0.15) is 53.0 Å². The molecular weight excluding hydrogens is 270 g/mol. The molecule has 4 aliphatic carbocycles. The van der Waals surface area contributed by atoms with Gasteiger partial charge in [0.2, 0.25) is 0 Å². The molecule has 5 heteroatoms. The quantitative estimate of drug-likeness (QED) is 0.896. The van der Waals surface area contributed by atoms with Crippen molar-refractivity contribution < 1.29 is 19.1 Å². The molecule has 4 bridgehead atoms. The first kappa shape index (κ1) is 12.9. The second kappa shape index (κ2) is 4.61. The molecule has 1 heterocycles. The van der Waals surface area contributed by atoms with Crippen LogP contribution in [0.2, 0.25) is 0 Å². The normalized spacial score (nSPS) is 36.7. The van der Waals surface area contributed by atoms with Crippen LogP contribution in [-0.4, -0.2) is 23.0 Å². The van der Waals surface area contributed by atoms with Crippen LogP contribution in [0.15, 0.2) is 16.7 Å². The number of furan rings is 1. The average molecular weight is 289 g/mol. The molecule has 1 aromatic heterocycles. The SMILES string of the molecule is O=C(O)c1coc(C(=O)NC2C3CC4CC(C3)CC2C4)c1. The first-order valence-electron chi connectivity index (χ1n) is 7.73. The van der Waals surface area contributed by atoms with E-state index in [9.17, 15) is 9.59 Å². The van der Waals surface area contributed by atoms with Crippen LogP contribution in [0, 0.1) is 23.7 Å². The largest absolute Gasteiger partial charge is 0.478 e. The summed E-state index contributed by atoms with van der Waals surface area (Å²) in [6, 6.07) is 1.54. The van der Waals surface area contributed by atoms with Crippen LogP contribution < -0.4 is 5.32 Å². The molecule has 0 atom stereocenters. The fraction of sp³-hybridized carbons (Fsp3) is 0.625. The Morgan fingerprint density at radius 2 is 1.71 bits per heavy atom. The molecule has 0 aromatic carbocycles. The lowest BCUT2D eigenvalue weighted by atomic mass is 9.54. The van der Waals surface area contributed by atoms with E-state index < -0.39 is 5.97 Å². The van der Waals surface area contributed by atoms with Crippen molar-refractivity contribution in [2.24, 2.45) is 23.7 Å². The molecule has 4 saturated carbocycles. The van der Waals surface area contributed by atoms with Gasteiger partial charge in [-0.25, -0.2) is 4.79 Å². The second-order valence-electron chi connectivity index (χ2n) is 6.93. The van der Waals surface area contributed by atoms with Gasteiger partial charge in [-0.2, -0.15) is 0 Å². The zero-order valence-corrected chi connectivity index (χ0v) is 11.7. The fourth-order valence-electron chi connectivity index (χ4n) is 4.95. The standard InChI is InChI=1S/C16H19NO4/c18-15(13-6-12(7-21-13)16(19)20)17-14-10-2-8-1-9(4-10)5-11(14)3-8/h6-11,14H,1-5H2,(H,17,18)(H,19,20). The minimum atomic E-state index is -1.08. The average Bonchev–Trinajstić information content (AvgIpc) is 2.92. The van der Waals surface area contributed by atoms with Crippen molar-refractivity contribution >= 4 is 11.9 Å². The Labute approximate surface area is 122 Å². The van der Waals surface area contributed by atoms with Crippen molar-refractivity contribution in [3.8, 4) is 0 Å². The van der Waals surface area contributed by atoms with Gasteiger partial charge in [-0.1, -0.05) is 0 Å². The van der Waals surface area contributed by atoms with Crippen LogP contribution in [0.5, 0.6) is 0 Å². The maximum Gasteiger partial charge on any atom is 0.338 e. The first-order valence-corrected chi connectivity index (χ1v) is 7.73. The Balaban J connectivity index is 1.48. The fourth-order valence-corrected chi connectivity index (χ4v) is 4.95. The van der Waals surface area contributed by atoms with Crippen molar-refractivity contribution in [1.29, 1.82) is 0 Å². The summed E-state index contributed by atoms with van der Waals surface area (Å²) in [4.78, 5) is 23.1. The molecule has 0 radical (unpaired) electrons. The van der Waals surface area contributed by atoms with Gasteiger partial charge in [0.15, 0.2) is 5.76 Å². The smallest absolute Gasteiger partial charge is 0.338 e. The molecule has 0 spiro atoms. The van der Waals surface area contributed by atoms with Gasteiger partial charge in [-0.3, -0.25) is 4.79 Å². The first-order chi connectivity index (χ1) is 10.1. The van der Waals surface area contributed by atoms with Crippen LogP contribution in [0.3, 0.4) is 0 Å². The van der Waals surface area contributed by atoms with Gasteiger partial charge >= 0.3 is 5.97 Å². The minimum Gasteiger partial charge on any atom is -0.478 e. The number of nitrogens with one attached hydrogen (secondary N) is 1. The molecule has 0 unspecified atom stereocenters. The van der Waals surface area contributed by atoms with Crippen molar-refractivity contribution in [3.63, 3.8) is 0 Å². The van der Waals surface area contributed by atoms with Gasteiger partial charge in [0.1, 0.15) is 6.26 Å². The van der Waals surface area contributed by atoms with Gasteiger partial charge in [0.05, 0.1) is 5.56 Å². The zero-order chi connectivity index (χ0) is 14.6. The zero-order valence-electron chi connectivity index (χ0n) is 11.7. The lowest BCUT2D eigenvalue weighted by Gasteiger charge is -2.54. The number of carbonyl (C=O) groups is 2. The lowest BCUT2D eigenvalue weighted by Crippen LogP contribution is -2.55. The molecule has 5 nitrogen and oxygen atoms in total. The highest BCUT2D eigenvalue weighted by Crippen LogP contribution is 2.53. The summed E-state index contributed by atoms with van der Waals surface area (Å²) in [7, 11) is 0. The maximum atomic E-state index is 12.3. The highest BCUT2D eigenvalue weighted by atomic mass is 16.4. The van der Waals surface area contributed by atoms with Gasteiger partial charge in [0.25, 0.3) is 5.91 Å². The summed E-state index contributed by atoms with van der Waals surface area (Å²) in [6.07, 6.45) is 7.43. The number of carboxylic acids is 1. The molecule has 4 aliphatic rings. The van der Waals surface area contributed by atoms with E-state index in [2.05, 4.69) is 5.32 Å². The van der Waals surface area contributed by atoms with E-state index in [4.69, 9.17) is 9.52 Å². The minimum absolute atomic E-state index is 0.0187. The van der Waals surface area contributed by atoms with Crippen LogP contribution in [0.25, 0.3) is 0 Å². The third-order valence-electron chi connectivity index (χ3n) is 5.59. The maximum absolute atomic E-state index is 12.3. The predicted molar refractivity (Wildman–Crippen MR) is 74.0 cm³/mol. The highest BCUT2D eigenvalue weighted by Gasteiger charge is 2.48. The summed E-state index contributed by atoms with van der Waals surface area (Å²) >= 11 is 0. The van der Waals surface area contributed by atoms with Crippen LogP contribution >= 0.6 is 0 Å². The summed E-state index contributed by atoms with van der Waals surface area (Å²) in [5.74, 6) is 1.66. The van der Waals surface area contributed by atoms with Crippen molar-refractivity contribution in [2.75, 3.05) is 0 Å². The number of amides is 1. The Bertz CT molecular complexity index is 563. The molecule has 5 rings (SSSR count). The molecule has 1 amide bonds. The van der Waals surface area contributed by atoms with E-state index in [1.165, 1.54) is 38.2 Å². The molecule has 112 valence electrons. The molecule has 4 fully saturated rings. The van der Waals surface area contributed by atoms with Crippen LogP contribution in [-0.2, 0) is 0 Å². The Morgan fingerprint density at radius 3 is 2.24 bits per heavy atom. The topological polar surface area (TPSA) is 79.5 Å². The monoisotopic (exact) mass is 289 g/mol. The molecule has 2 N–H and O–H groups in total. The van der Waals surface area contributed by atoms with E-state index in [0.29, 0.717) is 11.8 Å². The van der Waals surface area contributed by atoms with Gasteiger partial charge in [-0.15, -0.1) is 0 Å². The van der Waals surface area contributed by atoms with Crippen molar-refractivity contribution in [1.82, 2.24) is 5.32 Å². The van der Waals surface area contributed by atoms with E-state index in [-0.39, 0.29) is 23.3 Å². The summed E-state index contributed by atoms with van der Waals surface area (Å²) in [5.41, 5.74) is 0.0187. The van der Waals surface area contributed by atoms with Crippen LogP contribution in [0.4, 0.5) is 0 Å². The van der Waals surface area contributed by atoms with Gasteiger partial charge in [0, 0.05) is 12.1 Å². The lowest BCUT2D eigenvalue weighted by molar-refractivity contribution is -0.0122. The summed E-state index contributed by atoms with van der Waals surface area (Å²) < 4.78 is 5.09. The molecule has 1 aromatic rings. The Kier molecular flexibility index (Phi) is 2.84. The Hall–Kier alpha value is -1.78. The predicted octanol–water partition coefficient (Wildman–Crippen LogP) is 2.53. The van der Waals surface area contributed by atoms with E-state index in [1.807, 2.05) is 0 Å². The van der Waals surface area contributed by atoms with E-state index in [0.717, 1.165) is 18.1 Å². The molecule has 21 heavy (non-hydrogen) atoms. The molecular formula is C16H19NO4.